The maximum atomic E-state index is 5.53. The van der Waals surface area contributed by atoms with Crippen molar-refractivity contribution in [2.75, 3.05) is 31.6 Å². The third-order valence-corrected chi connectivity index (χ3v) is 4.16. The predicted molar refractivity (Wildman–Crippen MR) is 83.8 cm³/mol. The van der Waals surface area contributed by atoms with Crippen molar-refractivity contribution < 1.29 is 4.74 Å². The van der Waals surface area contributed by atoms with E-state index in [-0.39, 0.29) is 0 Å². The molecule has 0 spiro atoms. The van der Waals surface area contributed by atoms with Crippen LogP contribution in [0.15, 0.2) is 22.7 Å². The van der Waals surface area contributed by atoms with Crippen LogP contribution in [0, 0.1) is 0 Å². The monoisotopic (exact) mass is 326 g/mol. The van der Waals surface area contributed by atoms with Gasteiger partial charge in [-0.25, -0.2) is 0 Å². The Morgan fingerprint density at radius 3 is 3.05 bits per heavy atom. The van der Waals surface area contributed by atoms with E-state index in [9.17, 15) is 0 Å². The molecule has 0 saturated carbocycles. The van der Waals surface area contributed by atoms with Crippen LogP contribution in [0.1, 0.15) is 25.3 Å². The molecule has 1 aliphatic heterocycles. The van der Waals surface area contributed by atoms with Crippen molar-refractivity contribution in [1.29, 1.82) is 0 Å². The number of nitrogens with one attached hydrogen (secondary N) is 1. The van der Waals surface area contributed by atoms with Crippen LogP contribution >= 0.6 is 15.9 Å². The molecule has 1 saturated heterocycles. The van der Waals surface area contributed by atoms with Crippen molar-refractivity contribution in [2.24, 2.45) is 0 Å². The maximum absolute atomic E-state index is 5.53. The zero-order valence-electron chi connectivity index (χ0n) is 11.8. The quantitative estimate of drug-likeness (QED) is 0.899. The van der Waals surface area contributed by atoms with Crippen molar-refractivity contribution >= 4 is 21.6 Å². The highest BCUT2D eigenvalue weighted by Crippen LogP contribution is 2.28. The molecule has 1 N–H and O–H groups in total. The Bertz CT molecular complexity index is 411. The molecular formula is C15H23BrN2O. The molecule has 19 heavy (non-hydrogen) atoms. The highest BCUT2D eigenvalue weighted by Gasteiger charge is 2.21. The normalized spacial score (nSPS) is 19.7. The molecule has 2 rings (SSSR count). The molecule has 4 heteroatoms. The minimum absolute atomic E-state index is 0.361. The van der Waals surface area contributed by atoms with Gasteiger partial charge in [-0.1, -0.05) is 28.9 Å². The van der Waals surface area contributed by atoms with Crippen LogP contribution in [0.3, 0.4) is 0 Å². The zero-order chi connectivity index (χ0) is 13.7. The summed E-state index contributed by atoms with van der Waals surface area (Å²) < 4.78 is 6.67. The summed E-state index contributed by atoms with van der Waals surface area (Å²) in [5.74, 6) is 0. The van der Waals surface area contributed by atoms with Crippen LogP contribution in [-0.2, 0) is 11.3 Å². The van der Waals surface area contributed by atoms with Gasteiger partial charge in [-0.05, 0) is 37.1 Å². The highest BCUT2D eigenvalue weighted by atomic mass is 79.9. The van der Waals surface area contributed by atoms with Gasteiger partial charge in [-0.3, -0.25) is 0 Å². The van der Waals surface area contributed by atoms with Crippen molar-refractivity contribution in [3.8, 4) is 0 Å². The topological polar surface area (TPSA) is 24.5 Å². The van der Waals surface area contributed by atoms with E-state index < -0.39 is 0 Å². The molecule has 0 aromatic heterocycles. The van der Waals surface area contributed by atoms with Gasteiger partial charge >= 0.3 is 0 Å². The summed E-state index contributed by atoms with van der Waals surface area (Å²) in [6.45, 7) is 6.17. The number of hydrogen-bond donors (Lipinski definition) is 1. The fraction of sp³-hybridized carbons (Fsp3) is 0.600. The molecule has 1 fully saturated rings. The lowest BCUT2D eigenvalue weighted by Gasteiger charge is -2.35. The fourth-order valence-corrected chi connectivity index (χ4v) is 2.94. The Morgan fingerprint density at radius 1 is 1.47 bits per heavy atom. The van der Waals surface area contributed by atoms with Crippen LogP contribution in [0.4, 0.5) is 5.69 Å². The van der Waals surface area contributed by atoms with Gasteiger partial charge in [0.25, 0.3) is 0 Å². The summed E-state index contributed by atoms with van der Waals surface area (Å²) in [4.78, 5) is 2.45. The molecule has 106 valence electrons. The molecule has 1 heterocycles. The first-order valence-electron chi connectivity index (χ1n) is 7.01. The third kappa shape index (κ3) is 3.94. The first kappa shape index (κ1) is 14.8. The number of piperidine rings is 1. The Kier molecular flexibility index (Phi) is 5.67. The minimum atomic E-state index is 0.361. The number of halogens is 1. The average molecular weight is 327 g/mol. The van der Waals surface area contributed by atoms with E-state index in [1.54, 1.807) is 0 Å². The van der Waals surface area contributed by atoms with E-state index in [1.807, 2.05) is 7.11 Å². The highest BCUT2D eigenvalue weighted by molar-refractivity contribution is 9.10. The van der Waals surface area contributed by atoms with Crippen molar-refractivity contribution in [2.45, 2.75) is 32.4 Å². The molecule has 1 aliphatic rings. The summed E-state index contributed by atoms with van der Waals surface area (Å²) in [6.07, 6.45) is 2.73. The Morgan fingerprint density at radius 2 is 2.32 bits per heavy atom. The molecule has 1 atom stereocenters. The van der Waals surface area contributed by atoms with Gasteiger partial charge in [0.15, 0.2) is 0 Å². The van der Waals surface area contributed by atoms with E-state index >= 15 is 0 Å². The second kappa shape index (κ2) is 7.27. The second-order valence-corrected chi connectivity index (χ2v) is 5.91. The van der Waals surface area contributed by atoms with E-state index in [2.05, 4.69) is 51.3 Å². The smallest absolute Gasteiger partial charge is 0.0746 e. The molecular weight excluding hydrogens is 304 g/mol. The zero-order valence-corrected chi connectivity index (χ0v) is 13.4. The summed E-state index contributed by atoms with van der Waals surface area (Å²) in [7, 11) is 1.81. The Balaban J connectivity index is 2.18. The van der Waals surface area contributed by atoms with Gasteiger partial charge in [0.1, 0.15) is 0 Å². The number of benzene rings is 1. The largest absolute Gasteiger partial charge is 0.380 e. The van der Waals surface area contributed by atoms with Gasteiger partial charge < -0.3 is 15.0 Å². The lowest BCUT2D eigenvalue weighted by Crippen LogP contribution is -2.39. The lowest BCUT2D eigenvalue weighted by atomic mass is 10.0. The van der Waals surface area contributed by atoms with Crippen molar-refractivity contribution in [3.05, 3.63) is 28.2 Å². The third-order valence-electron chi connectivity index (χ3n) is 3.66. The number of anilines is 1. The lowest BCUT2D eigenvalue weighted by molar-refractivity contribution is 0.0893. The van der Waals surface area contributed by atoms with Gasteiger partial charge in [0.2, 0.25) is 0 Å². The van der Waals surface area contributed by atoms with E-state index in [0.29, 0.717) is 6.10 Å². The first-order chi connectivity index (χ1) is 9.24. The first-order valence-corrected chi connectivity index (χ1v) is 7.80. The van der Waals surface area contributed by atoms with E-state index in [1.165, 1.54) is 24.1 Å². The summed E-state index contributed by atoms with van der Waals surface area (Å²) in [5.41, 5.74) is 2.69. The Hall–Kier alpha value is -0.580. The maximum Gasteiger partial charge on any atom is 0.0746 e. The van der Waals surface area contributed by atoms with E-state index in [4.69, 9.17) is 4.74 Å². The van der Waals surface area contributed by atoms with Gasteiger partial charge in [0.05, 0.1) is 6.10 Å². The number of methoxy groups -OCH3 is 1. The molecule has 0 radical (unpaired) electrons. The van der Waals surface area contributed by atoms with Crippen LogP contribution in [-0.4, -0.2) is 32.8 Å². The van der Waals surface area contributed by atoms with Gasteiger partial charge in [-0.2, -0.15) is 0 Å². The molecule has 1 aromatic rings. The fourth-order valence-electron chi connectivity index (χ4n) is 2.59. The minimum Gasteiger partial charge on any atom is -0.380 e. The van der Waals surface area contributed by atoms with Gasteiger partial charge in [-0.15, -0.1) is 0 Å². The molecule has 1 aromatic carbocycles. The predicted octanol–water partition coefficient (Wildman–Crippen LogP) is 3.17. The number of rotatable bonds is 5. The summed E-state index contributed by atoms with van der Waals surface area (Å²) >= 11 is 3.58. The standard InChI is InChI=1S/C15H23BrN2O/c1-3-17-10-12-6-7-13(16)9-15(12)18-8-4-5-14(11-18)19-2/h6-7,9,14,17H,3-5,8,10-11H2,1-2H3. The number of hydrogen-bond acceptors (Lipinski definition) is 3. The molecule has 1 unspecified atom stereocenters. The van der Waals surface area contributed by atoms with Crippen molar-refractivity contribution in [3.63, 3.8) is 0 Å². The molecule has 0 aliphatic carbocycles. The molecule has 0 amide bonds. The molecule has 0 bridgehead atoms. The molecule has 3 nitrogen and oxygen atoms in total. The number of nitrogens with zero attached hydrogens (tertiary/aromatic N) is 1. The number of ether oxygens (including phenoxy) is 1. The SMILES string of the molecule is CCNCc1ccc(Br)cc1N1CCCC(OC)C1. The second-order valence-electron chi connectivity index (χ2n) is 5.00. The van der Waals surface area contributed by atoms with Crippen LogP contribution in [0.25, 0.3) is 0 Å². The van der Waals surface area contributed by atoms with E-state index in [0.717, 1.165) is 30.7 Å². The average Bonchev–Trinajstić information content (AvgIpc) is 2.46. The van der Waals surface area contributed by atoms with Crippen LogP contribution < -0.4 is 10.2 Å². The summed E-state index contributed by atoms with van der Waals surface area (Å²) in [5, 5.41) is 3.42. The summed E-state index contributed by atoms with van der Waals surface area (Å²) in [6, 6.07) is 6.55. The van der Waals surface area contributed by atoms with Crippen LogP contribution in [0.2, 0.25) is 0 Å². The Labute approximate surface area is 124 Å². The van der Waals surface area contributed by atoms with Crippen molar-refractivity contribution in [1.82, 2.24) is 5.32 Å². The van der Waals surface area contributed by atoms with Crippen LogP contribution in [0.5, 0.6) is 0 Å². The van der Waals surface area contributed by atoms with Gasteiger partial charge in [0, 0.05) is 36.9 Å².